The number of benzene rings is 1. The van der Waals surface area contributed by atoms with E-state index in [1.54, 1.807) is 7.11 Å². The molecule has 0 saturated carbocycles. The monoisotopic (exact) mass is 311 g/mol. The smallest absolute Gasteiger partial charge is 0.224 e. The van der Waals surface area contributed by atoms with Crippen molar-refractivity contribution in [2.75, 3.05) is 25.2 Å². The molecule has 1 aliphatic rings. The number of carbonyl (C=O) groups excluding carboxylic acids is 1. The van der Waals surface area contributed by atoms with Crippen molar-refractivity contribution in [3.8, 4) is 5.75 Å². The fraction of sp³-hybridized carbons (Fsp3) is 0.533. The van der Waals surface area contributed by atoms with Gasteiger partial charge in [0, 0.05) is 12.1 Å². The zero-order valence-corrected chi connectivity index (χ0v) is 13.0. The molecule has 21 heavy (non-hydrogen) atoms. The summed E-state index contributed by atoms with van der Waals surface area (Å²) in [7, 11) is -1.25. The molecule has 0 spiro atoms. The van der Waals surface area contributed by atoms with Gasteiger partial charge in [0.05, 0.1) is 25.0 Å². The molecule has 0 aromatic heterocycles. The van der Waals surface area contributed by atoms with Crippen molar-refractivity contribution in [3.63, 3.8) is 0 Å². The fourth-order valence-electron chi connectivity index (χ4n) is 2.60. The van der Waals surface area contributed by atoms with Gasteiger partial charge in [-0.3, -0.25) is 4.79 Å². The average Bonchev–Trinajstić information content (AvgIpc) is 2.79. The van der Waals surface area contributed by atoms with E-state index >= 15 is 0 Å². The van der Waals surface area contributed by atoms with Crippen molar-refractivity contribution in [3.05, 3.63) is 29.8 Å². The molecule has 0 radical (unpaired) electrons. The number of methoxy groups -OCH3 is 1. The van der Waals surface area contributed by atoms with Crippen LogP contribution in [0.1, 0.15) is 18.4 Å². The number of nitrogens with one attached hydrogen (secondary N) is 1. The van der Waals surface area contributed by atoms with Crippen LogP contribution in [0.4, 0.5) is 0 Å². The van der Waals surface area contributed by atoms with Crippen LogP contribution < -0.4 is 10.1 Å². The van der Waals surface area contributed by atoms with Crippen LogP contribution in [0.15, 0.2) is 24.3 Å². The minimum atomic E-state index is -2.83. The van der Waals surface area contributed by atoms with E-state index < -0.39 is 9.84 Å². The molecule has 6 heteroatoms. The summed E-state index contributed by atoms with van der Waals surface area (Å²) >= 11 is 0. The van der Waals surface area contributed by atoms with Gasteiger partial charge < -0.3 is 10.1 Å². The highest BCUT2D eigenvalue weighted by atomic mass is 32.2. The zero-order valence-electron chi connectivity index (χ0n) is 12.2. The summed E-state index contributed by atoms with van der Waals surface area (Å²) in [5.74, 6) is 1.36. The Morgan fingerprint density at radius 1 is 1.38 bits per heavy atom. The minimum Gasteiger partial charge on any atom is -0.496 e. The van der Waals surface area contributed by atoms with Crippen molar-refractivity contribution < 1.29 is 17.9 Å². The molecule has 1 unspecified atom stereocenters. The second-order valence-corrected chi connectivity index (χ2v) is 7.63. The number of amides is 1. The molecule has 1 amide bonds. The second-order valence-electron chi connectivity index (χ2n) is 5.40. The maximum absolute atomic E-state index is 11.9. The van der Waals surface area contributed by atoms with Gasteiger partial charge in [-0.05, 0) is 24.8 Å². The third-order valence-electron chi connectivity index (χ3n) is 3.75. The summed E-state index contributed by atoms with van der Waals surface area (Å²) in [6.07, 6.45) is 1.70. The van der Waals surface area contributed by atoms with E-state index in [1.165, 1.54) is 0 Å². The minimum absolute atomic E-state index is 0.0691. The Bertz CT molecular complexity index is 597. The number of sulfone groups is 1. The quantitative estimate of drug-likeness (QED) is 0.856. The Balaban J connectivity index is 1.75. The number of hydrogen-bond acceptors (Lipinski definition) is 4. The summed E-state index contributed by atoms with van der Waals surface area (Å²) in [5.41, 5.74) is 0.848. The molecule has 1 atom stereocenters. The van der Waals surface area contributed by atoms with Crippen LogP contribution in [0.25, 0.3) is 0 Å². The Morgan fingerprint density at radius 3 is 2.81 bits per heavy atom. The van der Waals surface area contributed by atoms with E-state index in [0.717, 1.165) is 12.0 Å². The van der Waals surface area contributed by atoms with Crippen molar-refractivity contribution in [1.29, 1.82) is 0 Å². The van der Waals surface area contributed by atoms with Gasteiger partial charge >= 0.3 is 0 Å². The van der Waals surface area contributed by atoms with Crippen molar-refractivity contribution in [2.45, 2.75) is 19.3 Å². The number of hydrogen-bond donors (Lipinski definition) is 1. The molecule has 2 rings (SSSR count). The van der Waals surface area contributed by atoms with Gasteiger partial charge in [-0.15, -0.1) is 0 Å². The fourth-order valence-corrected chi connectivity index (χ4v) is 4.51. The summed E-state index contributed by atoms with van der Waals surface area (Å²) in [6.45, 7) is 0.522. The van der Waals surface area contributed by atoms with E-state index in [0.29, 0.717) is 18.7 Å². The predicted molar refractivity (Wildman–Crippen MR) is 81.1 cm³/mol. The first-order valence-electron chi connectivity index (χ1n) is 7.09. The van der Waals surface area contributed by atoms with Gasteiger partial charge in [0.25, 0.3) is 0 Å². The van der Waals surface area contributed by atoms with E-state index in [9.17, 15) is 13.2 Å². The van der Waals surface area contributed by atoms with Crippen molar-refractivity contribution in [2.24, 2.45) is 5.92 Å². The van der Waals surface area contributed by atoms with Crippen molar-refractivity contribution in [1.82, 2.24) is 5.32 Å². The van der Waals surface area contributed by atoms with E-state index in [2.05, 4.69) is 5.32 Å². The molecule has 0 aliphatic carbocycles. The average molecular weight is 311 g/mol. The maximum atomic E-state index is 11.9. The lowest BCUT2D eigenvalue weighted by molar-refractivity contribution is -0.120. The lowest BCUT2D eigenvalue weighted by Gasteiger charge is -2.10. The molecule has 1 aliphatic heterocycles. The Kier molecular flexibility index (Phi) is 5.22. The molecular formula is C15H21NO4S. The van der Waals surface area contributed by atoms with Crippen LogP contribution in [0, 0.1) is 5.92 Å². The van der Waals surface area contributed by atoms with Gasteiger partial charge in [-0.1, -0.05) is 18.2 Å². The van der Waals surface area contributed by atoms with Crippen molar-refractivity contribution >= 4 is 15.7 Å². The van der Waals surface area contributed by atoms with Gasteiger partial charge in [-0.2, -0.15) is 0 Å². The van der Waals surface area contributed by atoms with Crippen LogP contribution in [0.5, 0.6) is 5.75 Å². The van der Waals surface area contributed by atoms with E-state index in [4.69, 9.17) is 4.74 Å². The van der Waals surface area contributed by atoms with Crippen LogP contribution >= 0.6 is 0 Å². The molecule has 1 saturated heterocycles. The Labute approximate surface area is 125 Å². The van der Waals surface area contributed by atoms with Gasteiger partial charge in [-0.25, -0.2) is 8.42 Å². The first kappa shape index (κ1) is 15.8. The first-order chi connectivity index (χ1) is 10.00. The normalized spacial score (nSPS) is 20.1. The second kappa shape index (κ2) is 6.93. The first-order valence-corrected chi connectivity index (χ1v) is 8.91. The van der Waals surface area contributed by atoms with Crippen LogP contribution in [0.3, 0.4) is 0 Å². The van der Waals surface area contributed by atoms with E-state index in [1.807, 2.05) is 24.3 Å². The predicted octanol–water partition coefficient (Wildman–Crippen LogP) is 1.18. The topological polar surface area (TPSA) is 72.5 Å². The number of para-hydroxylation sites is 1. The molecule has 1 aromatic carbocycles. The number of carbonyl (C=O) groups is 1. The van der Waals surface area contributed by atoms with Crippen LogP contribution in [0.2, 0.25) is 0 Å². The summed E-state index contributed by atoms with van der Waals surface area (Å²) in [5, 5.41) is 2.85. The lowest BCUT2D eigenvalue weighted by atomic mass is 10.1. The highest BCUT2D eigenvalue weighted by Crippen LogP contribution is 2.21. The van der Waals surface area contributed by atoms with Gasteiger partial charge in [0.2, 0.25) is 5.91 Å². The highest BCUT2D eigenvalue weighted by Gasteiger charge is 2.27. The largest absolute Gasteiger partial charge is 0.496 e. The van der Waals surface area contributed by atoms with E-state index in [-0.39, 0.29) is 29.8 Å². The molecule has 5 nitrogen and oxygen atoms in total. The summed E-state index contributed by atoms with van der Waals surface area (Å²) < 4.78 is 27.9. The summed E-state index contributed by atoms with van der Waals surface area (Å²) in [6, 6.07) is 7.42. The lowest BCUT2D eigenvalue weighted by Crippen LogP contribution is -2.27. The molecule has 1 N–H and O–H groups in total. The zero-order chi connectivity index (χ0) is 15.3. The summed E-state index contributed by atoms with van der Waals surface area (Å²) in [4.78, 5) is 11.9. The Hall–Kier alpha value is -1.56. The maximum Gasteiger partial charge on any atom is 0.224 e. The SMILES string of the molecule is COc1ccccc1CC(=O)NCCC1CCS(=O)(=O)C1. The van der Waals surface area contributed by atoms with Gasteiger partial charge in [0.1, 0.15) is 5.75 Å². The third-order valence-corrected chi connectivity index (χ3v) is 5.58. The number of rotatable bonds is 6. The molecule has 116 valence electrons. The van der Waals surface area contributed by atoms with Gasteiger partial charge in [0.15, 0.2) is 9.84 Å². The van der Waals surface area contributed by atoms with Crippen LogP contribution in [-0.4, -0.2) is 39.5 Å². The molecule has 1 heterocycles. The number of ether oxygens (including phenoxy) is 1. The third kappa shape index (κ3) is 4.74. The molecular weight excluding hydrogens is 290 g/mol. The molecule has 0 bridgehead atoms. The molecule has 1 aromatic rings. The Morgan fingerprint density at radius 2 is 2.14 bits per heavy atom. The molecule has 1 fully saturated rings. The van der Waals surface area contributed by atoms with Crippen LogP contribution in [-0.2, 0) is 21.1 Å². The highest BCUT2D eigenvalue weighted by molar-refractivity contribution is 7.91. The standard InChI is InChI=1S/C15H21NO4S/c1-20-14-5-3-2-4-13(14)10-15(17)16-8-6-12-7-9-21(18,19)11-12/h2-5,12H,6-11H2,1H3,(H,16,17).